The molecule has 0 amide bonds. The van der Waals surface area contributed by atoms with E-state index in [1.807, 2.05) is 0 Å². The summed E-state index contributed by atoms with van der Waals surface area (Å²) in [5.74, 6) is 1.82. The molecule has 0 bridgehead atoms. The predicted molar refractivity (Wildman–Crippen MR) is 96.3 cm³/mol. The molecule has 3 fully saturated rings. The number of benzene rings is 1. The maximum Gasteiger partial charge on any atom is 0.0338 e. The third-order valence-electron chi connectivity index (χ3n) is 6.75. The summed E-state index contributed by atoms with van der Waals surface area (Å²) in [7, 11) is 0. The van der Waals surface area contributed by atoms with Crippen molar-refractivity contribution in [3.8, 4) is 0 Å². The molecule has 0 radical (unpaired) electrons. The summed E-state index contributed by atoms with van der Waals surface area (Å²) in [4.78, 5) is 2.83. The number of nitrogens with zero attached hydrogens (tertiary/aromatic N) is 1. The minimum absolute atomic E-state index is 0.362. The smallest absolute Gasteiger partial charge is 0.0338 e. The quantitative estimate of drug-likeness (QED) is 0.896. The molecule has 23 heavy (non-hydrogen) atoms. The van der Waals surface area contributed by atoms with Gasteiger partial charge in [0.05, 0.1) is 0 Å². The third kappa shape index (κ3) is 3.34. The summed E-state index contributed by atoms with van der Waals surface area (Å²) in [6.45, 7) is 6.06. The Kier molecular flexibility index (Phi) is 4.47. The average molecular weight is 313 g/mol. The molecule has 1 heterocycles. The molecule has 1 aromatic rings. The molecule has 126 valence electrons. The van der Waals surface area contributed by atoms with Crippen molar-refractivity contribution in [2.75, 3.05) is 13.1 Å². The topological polar surface area (TPSA) is 15.3 Å². The van der Waals surface area contributed by atoms with Crippen LogP contribution < -0.4 is 5.32 Å². The van der Waals surface area contributed by atoms with Crippen molar-refractivity contribution in [2.24, 2.45) is 11.8 Å². The van der Waals surface area contributed by atoms with Crippen LogP contribution in [0.5, 0.6) is 0 Å². The SMILES string of the molecule is CC1(C2CC2)CNC(C2CCCCC2)CN1Cc1ccccc1. The molecular formula is C21H32N2. The lowest BCUT2D eigenvalue weighted by Crippen LogP contribution is -2.65. The van der Waals surface area contributed by atoms with Gasteiger partial charge in [0.25, 0.3) is 0 Å². The van der Waals surface area contributed by atoms with E-state index in [1.54, 1.807) is 0 Å². The Morgan fingerprint density at radius 2 is 1.78 bits per heavy atom. The molecular weight excluding hydrogens is 280 g/mol. The second-order valence-corrected chi connectivity index (χ2v) is 8.38. The van der Waals surface area contributed by atoms with Gasteiger partial charge in [0.1, 0.15) is 0 Å². The van der Waals surface area contributed by atoms with Gasteiger partial charge < -0.3 is 5.32 Å². The molecule has 4 rings (SSSR count). The monoisotopic (exact) mass is 312 g/mol. The average Bonchev–Trinajstić information content (AvgIpc) is 3.44. The van der Waals surface area contributed by atoms with Crippen molar-refractivity contribution in [2.45, 2.75) is 70.0 Å². The fourth-order valence-corrected chi connectivity index (χ4v) is 4.97. The van der Waals surface area contributed by atoms with E-state index >= 15 is 0 Å². The Morgan fingerprint density at radius 1 is 1.04 bits per heavy atom. The highest BCUT2D eigenvalue weighted by Gasteiger charge is 2.48. The summed E-state index contributed by atoms with van der Waals surface area (Å²) in [6, 6.07) is 11.8. The van der Waals surface area contributed by atoms with Crippen molar-refractivity contribution in [3.05, 3.63) is 35.9 Å². The largest absolute Gasteiger partial charge is 0.311 e. The predicted octanol–water partition coefficient (Wildman–Crippen LogP) is 4.21. The Bertz CT molecular complexity index is 504. The van der Waals surface area contributed by atoms with Crippen molar-refractivity contribution in [1.82, 2.24) is 10.2 Å². The lowest BCUT2D eigenvalue weighted by atomic mass is 9.80. The van der Waals surface area contributed by atoms with Gasteiger partial charge in [0, 0.05) is 31.2 Å². The van der Waals surface area contributed by atoms with E-state index in [4.69, 9.17) is 0 Å². The first-order valence-electron chi connectivity index (χ1n) is 9.78. The highest BCUT2D eigenvalue weighted by Crippen LogP contribution is 2.45. The molecule has 2 saturated carbocycles. The second kappa shape index (κ2) is 6.57. The zero-order chi connectivity index (χ0) is 15.7. The molecule has 2 nitrogen and oxygen atoms in total. The molecule has 2 aliphatic carbocycles. The van der Waals surface area contributed by atoms with E-state index in [2.05, 4.69) is 47.5 Å². The molecule has 1 N–H and O–H groups in total. The summed E-state index contributed by atoms with van der Waals surface area (Å²) < 4.78 is 0. The summed E-state index contributed by atoms with van der Waals surface area (Å²) in [6.07, 6.45) is 10.1. The lowest BCUT2D eigenvalue weighted by Gasteiger charge is -2.51. The van der Waals surface area contributed by atoms with Crippen LogP contribution in [0.1, 0.15) is 57.4 Å². The number of nitrogens with one attached hydrogen (secondary N) is 1. The van der Waals surface area contributed by atoms with Gasteiger partial charge in [-0.1, -0.05) is 49.6 Å². The summed E-state index contributed by atoms with van der Waals surface area (Å²) in [5.41, 5.74) is 1.84. The van der Waals surface area contributed by atoms with Crippen molar-refractivity contribution >= 4 is 0 Å². The van der Waals surface area contributed by atoms with E-state index in [-0.39, 0.29) is 0 Å². The molecule has 0 spiro atoms. The number of rotatable bonds is 4. The third-order valence-corrected chi connectivity index (χ3v) is 6.75. The fraction of sp³-hybridized carbons (Fsp3) is 0.714. The van der Waals surface area contributed by atoms with Crippen LogP contribution in [0.15, 0.2) is 30.3 Å². The number of piperazine rings is 1. The first kappa shape index (κ1) is 15.7. The van der Waals surface area contributed by atoms with Crippen LogP contribution in [-0.2, 0) is 6.54 Å². The molecule has 0 aromatic heterocycles. The molecule has 2 heteroatoms. The minimum atomic E-state index is 0.362. The van der Waals surface area contributed by atoms with Gasteiger partial charge in [-0.2, -0.15) is 0 Å². The molecule has 3 aliphatic rings. The molecule has 2 unspecified atom stereocenters. The normalized spacial score (nSPS) is 33.7. The Morgan fingerprint density at radius 3 is 2.48 bits per heavy atom. The van der Waals surface area contributed by atoms with Gasteiger partial charge in [-0.15, -0.1) is 0 Å². The highest BCUT2D eigenvalue weighted by molar-refractivity contribution is 5.16. The van der Waals surface area contributed by atoms with E-state index in [0.717, 1.165) is 18.4 Å². The van der Waals surface area contributed by atoms with Gasteiger partial charge in [-0.3, -0.25) is 4.90 Å². The van der Waals surface area contributed by atoms with Crippen LogP contribution in [0, 0.1) is 11.8 Å². The van der Waals surface area contributed by atoms with Gasteiger partial charge in [-0.25, -0.2) is 0 Å². The van der Waals surface area contributed by atoms with Crippen molar-refractivity contribution < 1.29 is 0 Å². The van der Waals surface area contributed by atoms with Crippen LogP contribution in [0.2, 0.25) is 0 Å². The molecule has 1 aliphatic heterocycles. The van der Waals surface area contributed by atoms with E-state index in [0.29, 0.717) is 11.6 Å². The fourth-order valence-electron chi connectivity index (χ4n) is 4.97. The van der Waals surface area contributed by atoms with Gasteiger partial charge >= 0.3 is 0 Å². The van der Waals surface area contributed by atoms with Gasteiger partial charge in [-0.05, 0) is 50.0 Å². The molecule has 1 saturated heterocycles. The first-order valence-corrected chi connectivity index (χ1v) is 9.78. The van der Waals surface area contributed by atoms with E-state index in [1.165, 1.54) is 63.6 Å². The van der Waals surface area contributed by atoms with Crippen LogP contribution >= 0.6 is 0 Å². The Balaban J connectivity index is 1.50. The standard InChI is InChI=1S/C21H32N2/c1-21(19-12-13-19)16-22-20(18-10-6-3-7-11-18)15-23(21)14-17-8-4-2-5-9-17/h2,4-5,8-9,18-20,22H,3,6-7,10-16H2,1H3. The van der Waals surface area contributed by atoms with Crippen LogP contribution in [0.4, 0.5) is 0 Å². The zero-order valence-corrected chi connectivity index (χ0v) is 14.6. The molecule has 2 atom stereocenters. The Hall–Kier alpha value is -0.860. The lowest BCUT2D eigenvalue weighted by molar-refractivity contribution is 0.0109. The summed E-state index contributed by atoms with van der Waals surface area (Å²) in [5, 5.41) is 3.97. The van der Waals surface area contributed by atoms with Crippen LogP contribution in [0.3, 0.4) is 0 Å². The number of hydrogen-bond acceptors (Lipinski definition) is 2. The van der Waals surface area contributed by atoms with Crippen LogP contribution in [-0.4, -0.2) is 29.6 Å². The highest BCUT2D eigenvalue weighted by atomic mass is 15.3. The van der Waals surface area contributed by atoms with E-state index < -0.39 is 0 Å². The van der Waals surface area contributed by atoms with Crippen molar-refractivity contribution in [3.63, 3.8) is 0 Å². The van der Waals surface area contributed by atoms with Gasteiger partial charge in [0.15, 0.2) is 0 Å². The number of hydrogen-bond donors (Lipinski definition) is 1. The zero-order valence-electron chi connectivity index (χ0n) is 14.6. The second-order valence-electron chi connectivity index (χ2n) is 8.38. The van der Waals surface area contributed by atoms with Crippen molar-refractivity contribution in [1.29, 1.82) is 0 Å². The maximum atomic E-state index is 3.97. The van der Waals surface area contributed by atoms with Crippen LogP contribution in [0.25, 0.3) is 0 Å². The Labute approximate surface area is 141 Å². The van der Waals surface area contributed by atoms with Gasteiger partial charge in [0.2, 0.25) is 0 Å². The maximum absolute atomic E-state index is 3.97. The summed E-state index contributed by atoms with van der Waals surface area (Å²) >= 11 is 0. The molecule has 1 aromatic carbocycles. The first-order chi connectivity index (χ1) is 11.3. The van der Waals surface area contributed by atoms with E-state index in [9.17, 15) is 0 Å². The minimum Gasteiger partial charge on any atom is -0.311 e.